The summed E-state index contributed by atoms with van der Waals surface area (Å²) in [4.78, 5) is 14.2. The van der Waals surface area contributed by atoms with Crippen molar-refractivity contribution in [1.29, 1.82) is 0 Å². The minimum Gasteiger partial charge on any atom is -0.508 e. The highest BCUT2D eigenvalue weighted by Gasteiger charge is 2.40. The molecule has 0 spiro atoms. The van der Waals surface area contributed by atoms with Gasteiger partial charge in [-0.1, -0.05) is 18.2 Å². The molecule has 4 rings (SSSR count). The van der Waals surface area contributed by atoms with Gasteiger partial charge < -0.3 is 15.6 Å². The third-order valence-corrected chi connectivity index (χ3v) is 8.76. The standard InChI is InChI=1S/C26H33N3O5S/c1-18(27)26(19(2)30)35(32,33)29-14-11-21-17-22(31)7-10-24(21)25(29)20-5-8-23(9-6-20)34-16-15-28-12-3-4-13-28/h5-10,17,25,31H,3-4,11-16,27H2,1-2H3. The van der Waals surface area contributed by atoms with Gasteiger partial charge in [0.1, 0.15) is 23.0 Å². The summed E-state index contributed by atoms with van der Waals surface area (Å²) in [6.45, 7) is 6.49. The number of allylic oxidation sites excluding steroid dienone is 2. The molecule has 1 atom stereocenters. The molecule has 1 unspecified atom stereocenters. The molecule has 0 bridgehead atoms. The SMILES string of the molecule is CC(=O)C(=C(C)N)S(=O)(=O)N1CCc2cc(O)ccc2C1c1ccc(OCCN2CCCC2)cc1. The normalized spacial score (nSPS) is 19.8. The fourth-order valence-electron chi connectivity index (χ4n) is 5.02. The number of hydrogen-bond acceptors (Lipinski definition) is 7. The van der Waals surface area contributed by atoms with E-state index < -0.39 is 21.8 Å². The number of nitrogens with zero attached hydrogens (tertiary/aromatic N) is 2. The molecule has 8 nitrogen and oxygen atoms in total. The summed E-state index contributed by atoms with van der Waals surface area (Å²) in [6, 6.07) is 11.7. The number of Topliss-reactive ketones (excluding diaryl/α,β-unsaturated/α-hetero) is 1. The van der Waals surface area contributed by atoms with Crippen LogP contribution in [-0.2, 0) is 21.2 Å². The second-order valence-electron chi connectivity index (χ2n) is 9.19. The number of fused-ring (bicyclic) bond motifs is 1. The topological polar surface area (TPSA) is 113 Å². The molecule has 1 fully saturated rings. The van der Waals surface area contributed by atoms with Gasteiger partial charge in [0.15, 0.2) is 5.78 Å². The number of sulfonamides is 1. The summed E-state index contributed by atoms with van der Waals surface area (Å²) in [5, 5.41) is 9.98. The lowest BCUT2D eigenvalue weighted by Gasteiger charge is -2.37. The average molecular weight is 500 g/mol. The molecule has 2 aromatic rings. The van der Waals surface area contributed by atoms with Crippen molar-refractivity contribution in [3.05, 3.63) is 69.8 Å². The first kappa shape index (κ1) is 25.2. The lowest BCUT2D eigenvalue weighted by Crippen LogP contribution is -2.42. The van der Waals surface area contributed by atoms with Gasteiger partial charge in [-0.05, 0) is 87.2 Å². The summed E-state index contributed by atoms with van der Waals surface area (Å²) in [5.74, 6) is 0.246. The Labute approximate surface area is 207 Å². The first-order valence-electron chi connectivity index (χ1n) is 11.9. The van der Waals surface area contributed by atoms with Crippen LogP contribution in [0.1, 0.15) is 49.4 Å². The highest BCUT2D eigenvalue weighted by Crippen LogP contribution is 2.40. The van der Waals surface area contributed by atoms with E-state index in [9.17, 15) is 18.3 Å². The van der Waals surface area contributed by atoms with E-state index in [4.69, 9.17) is 10.5 Å². The molecule has 0 saturated carbocycles. The zero-order valence-electron chi connectivity index (χ0n) is 20.2. The van der Waals surface area contributed by atoms with Crippen molar-refractivity contribution in [2.45, 2.75) is 39.2 Å². The van der Waals surface area contributed by atoms with Crippen LogP contribution in [-0.4, -0.2) is 61.3 Å². The number of carbonyl (C=O) groups excluding carboxylic acids is 1. The van der Waals surface area contributed by atoms with E-state index >= 15 is 0 Å². The van der Waals surface area contributed by atoms with Crippen LogP contribution in [0.5, 0.6) is 11.5 Å². The fourth-order valence-corrected chi connectivity index (χ4v) is 6.87. The number of ether oxygens (including phenoxy) is 1. The number of rotatable bonds is 8. The van der Waals surface area contributed by atoms with Crippen LogP contribution < -0.4 is 10.5 Å². The van der Waals surface area contributed by atoms with E-state index in [1.807, 2.05) is 24.3 Å². The Bertz CT molecular complexity index is 1210. The van der Waals surface area contributed by atoms with E-state index in [0.29, 0.717) is 18.8 Å². The van der Waals surface area contributed by atoms with Gasteiger partial charge in [-0.15, -0.1) is 0 Å². The molecule has 0 aliphatic carbocycles. The fraction of sp³-hybridized carbons (Fsp3) is 0.423. The monoisotopic (exact) mass is 499 g/mol. The zero-order valence-corrected chi connectivity index (χ0v) is 21.1. The van der Waals surface area contributed by atoms with Crippen molar-refractivity contribution in [2.24, 2.45) is 5.73 Å². The summed E-state index contributed by atoms with van der Waals surface area (Å²) >= 11 is 0. The van der Waals surface area contributed by atoms with Crippen LogP contribution in [0.3, 0.4) is 0 Å². The van der Waals surface area contributed by atoms with Crippen molar-refractivity contribution in [3.63, 3.8) is 0 Å². The number of carbonyl (C=O) groups is 1. The Morgan fingerprint density at radius 3 is 2.40 bits per heavy atom. The number of benzene rings is 2. The van der Waals surface area contributed by atoms with E-state index in [0.717, 1.165) is 36.3 Å². The Kier molecular flexibility index (Phi) is 7.49. The van der Waals surface area contributed by atoms with Crippen LogP contribution in [0.2, 0.25) is 0 Å². The number of hydrogen-bond donors (Lipinski definition) is 2. The quantitative estimate of drug-likeness (QED) is 0.537. The Hall–Kier alpha value is -2.88. The number of ketones is 1. The molecule has 2 aliphatic rings. The highest BCUT2D eigenvalue weighted by molar-refractivity contribution is 7.94. The smallest absolute Gasteiger partial charge is 0.249 e. The third-order valence-electron chi connectivity index (χ3n) is 6.63. The number of nitrogens with two attached hydrogens (primary N) is 1. The number of phenolic OH excluding ortho intramolecular Hbond substituents is 1. The highest BCUT2D eigenvalue weighted by atomic mass is 32.2. The minimum atomic E-state index is -4.17. The van der Waals surface area contributed by atoms with Crippen molar-refractivity contribution in [2.75, 3.05) is 32.8 Å². The lowest BCUT2D eigenvalue weighted by molar-refractivity contribution is -0.113. The van der Waals surface area contributed by atoms with Crippen molar-refractivity contribution >= 4 is 15.8 Å². The van der Waals surface area contributed by atoms with Crippen LogP contribution >= 0.6 is 0 Å². The number of aromatic hydroxyl groups is 1. The molecule has 0 aromatic heterocycles. The summed E-state index contributed by atoms with van der Waals surface area (Å²) < 4.78 is 34.6. The first-order chi connectivity index (χ1) is 16.7. The molecular formula is C26H33N3O5S. The molecule has 35 heavy (non-hydrogen) atoms. The Morgan fingerprint density at radius 1 is 1.09 bits per heavy atom. The van der Waals surface area contributed by atoms with Gasteiger partial charge in [0.2, 0.25) is 10.0 Å². The van der Waals surface area contributed by atoms with Crippen LogP contribution in [0.4, 0.5) is 0 Å². The lowest BCUT2D eigenvalue weighted by atomic mass is 9.89. The predicted molar refractivity (Wildman–Crippen MR) is 134 cm³/mol. The summed E-state index contributed by atoms with van der Waals surface area (Å²) in [5.41, 5.74) is 8.18. The van der Waals surface area contributed by atoms with Crippen molar-refractivity contribution < 1.29 is 23.1 Å². The predicted octanol–water partition coefficient (Wildman–Crippen LogP) is 2.92. The maximum atomic E-state index is 13.7. The molecule has 2 aliphatic heterocycles. The molecular weight excluding hydrogens is 466 g/mol. The van der Waals surface area contributed by atoms with Gasteiger partial charge in [0.25, 0.3) is 0 Å². The van der Waals surface area contributed by atoms with Gasteiger partial charge in [-0.2, -0.15) is 4.31 Å². The molecule has 2 heterocycles. The van der Waals surface area contributed by atoms with Crippen molar-refractivity contribution in [3.8, 4) is 11.5 Å². The molecule has 0 radical (unpaired) electrons. The zero-order chi connectivity index (χ0) is 25.2. The second kappa shape index (κ2) is 10.4. The second-order valence-corrected chi connectivity index (χ2v) is 11.0. The molecule has 0 amide bonds. The van der Waals surface area contributed by atoms with E-state index in [-0.39, 0.29) is 22.9 Å². The Balaban J connectivity index is 1.66. The maximum absolute atomic E-state index is 13.7. The average Bonchev–Trinajstić information content (AvgIpc) is 3.31. The summed E-state index contributed by atoms with van der Waals surface area (Å²) in [6.07, 6.45) is 2.88. The van der Waals surface area contributed by atoms with E-state index in [1.54, 1.807) is 18.2 Å². The number of phenols is 1. The van der Waals surface area contributed by atoms with Crippen LogP contribution in [0.15, 0.2) is 53.1 Å². The van der Waals surface area contributed by atoms with Gasteiger partial charge in [0, 0.05) is 18.8 Å². The maximum Gasteiger partial charge on any atom is 0.249 e. The minimum absolute atomic E-state index is 0.0329. The van der Waals surface area contributed by atoms with Crippen LogP contribution in [0.25, 0.3) is 0 Å². The molecule has 9 heteroatoms. The Morgan fingerprint density at radius 2 is 1.77 bits per heavy atom. The largest absolute Gasteiger partial charge is 0.508 e. The van der Waals surface area contributed by atoms with Gasteiger partial charge >= 0.3 is 0 Å². The van der Waals surface area contributed by atoms with E-state index in [1.165, 1.54) is 31.0 Å². The van der Waals surface area contributed by atoms with Gasteiger partial charge in [-0.25, -0.2) is 8.42 Å². The molecule has 3 N–H and O–H groups in total. The van der Waals surface area contributed by atoms with Gasteiger partial charge in [0.05, 0.1) is 6.04 Å². The molecule has 1 saturated heterocycles. The van der Waals surface area contributed by atoms with Crippen LogP contribution in [0, 0.1) is 0 Å². The first-order valence-corrected chi connectivity index (χ1v) is 13.4. The third kappa shape index (κ3) is 5.37. The molecule has 2 aromatic carbocycles. The molecule has 188 valence electrons. The van der Waals surface area contributed by atoms with Gasteiger partial charge in [-0.3, -0.25) is 9.69 Å². The van der Waals surface area contributed by atoms with Crippen molar-refractivity contribution in [1.82, 2.24) is 9.21 Å². The number of likely N-dealkylation sites (tertiary alicyclic amines) is 1. The summed E-state index contributed by atoms with van der Waals surface area (Å²) in [7, 11) is -4.17. The van der Waals surface area contributed by atoms with E-state index in [2.05, 4.69) is 4.90 Å².